The van der Waals surface area contributed by atoms with Gasteiger partial charge < -0.3 is 19.7 Å². The lowest BCUT2D eigenvalue weighted by molar-refractivity contribution is -0.128. The number of para-hydroxylation sites is 1. The number of rotatable bonds is 6. The third-order valence-corrected chi connectivity index (χ3v) is 6.97. The summed E-state index contributed by atoms with van der Waals surface area (Å²) in [5, 5.41) is 3.12. The second-order valence-electron chi connectivity index (χ2n) is 8.77. The molecule has 2 fully saturated rings. The van der Waals surface area contributed by atoms with E-state index in [1.807, 2.05) is 23.1 Å². The van der Waals surface area contributed by atoms with Crippen molar-refractivity contribution in [1.29, 1.82) is 0 Å². The predicted octanol–water partition coefficient (Wildman–Crippen LogP) is 3.44. The second-order valence-corrected chi connectivity index (χ2v) is 8.77. The van der Waals surface area contributed by atoms with Gasteiger partial charge in [0.05, 0.1) is 20.1 Å². The highest BCUT2D eigenvalue weighted by atomic mass is 16.5. The van der Waals surface area contributed by atoms with E-state index < -0.39 is 0 Å². The van der Waals surface area contributed by atoms with Gasteiger partial charge in [-0.2, -0.15) is 0 Å². The van der Waals surface area contributed by atoms with Crippen molar-refractivity contribution in [2.24, 2.45) is 11.3 Å². The Kier molecular flexibility index (Phi) is 6.63. The van der Waals surface area contributed by atoms with E-state index in [4.69, 9.17) is 9.47 Å². The summed E-state index contributed by atoms with van der Waals surface area (Å²) < 4.78 is 10.9. The van der Waals surface area contributed by atoms with E-state index >= 15 is 0 Å². The molecule has 2 amide bonds. The first-order valence-electron chi connectivity index (χ1n) is 11.2. The Bertz CT molecular complexity index is 957. The lowest BCUT2D eigenvalue weighted by Crippen LogP contribution is -2.42. The number of likely N-dealkylation sites (tertiary alicyclic amines) is 1. The molecule has 0 bridgehead atoms. The molecule has 1 aliphatic carbocycles. The number of hydrogen-bond donors (Lipinski definition) is 1. The lowest BCUT2D eigenvalue weighted by Gasteiger charge is -2.37. The maximum absolute atomic E-state index is 13.4. The van der Waals surface area contributed by atoms with Crippen molar-refractivity contribution in [2.75, 3.05) is 27.3 Å². The van der Waals surface area contributed by atoms with Crippen LogP contribution < -0.4 is 14.8 Å². The van der Waals surface area contributed by atoms with Crippen LogP contribution in [-0.2, 0) is 11.3 Å². The van der Waals surface area contributed by atoms with Gasteiger partial charge in [0.1, 0.15) is 0 Å². The highest BCUT2D eigenvalue weighted by molar-refractivity contribution is 5.95. The fourth-order valence-electron chi connectivity index (χ4n) is 5.32. The van der Waals surface area contributed by atoms with Crippen LogP contribution in [0, 0.1) is 11.3 Å². The minimum Gasteiger partial charge on any atom is -0.493 e. The Morgan fingerprint density at radius 2 is 1.84 bits per heavy atom. The Morgan fingerprint density at radius 1 is 1.09 bits per heavy atom. The molecule has 0 radical (unpaired) electrons. The van der Waals surface area contributed by atoms with Gasteiger partial charge in [-0.3, -0.25) is 14.6 Å². The monoisotopic (exact) mass is 437 g/mol. The number of amides is 2. The number of carbonyl (C=O) groups excluding carboxylic acids is 2. The highest BCUT2D eigenvalue weighted by Crippen LogP contribution is 2.48. The maximum atomic E-state index is 13.4. The molecule has 1 atom stereocenters. The third kappa shape index (κ3) is 4.29. The molecule has 1 saturated heterocycles. The van der Waals surface area contributed by atoms with Gasteiger partial charge in [0, 0.05) is 48.6 Å². The third-order valence-electron chi connectivity index (χ3n) is 6.97. The summed E-state index contributed by atoms with van der Waals surface area (Å²) in [4.78, 5) is 32.4. The summed E-state index contributed by atoms with van der Waals surface area (Å²) in [6, 6.07) is 9.11. The Balaban J connectivity index is 1.51. The zero-order chi connectivity index (χ0) is 22.6. The summed E-state index contributed by atoms with van der Waals surface area (Å²) in [7, 11) is 3.19. The van der Waals surface area contributed by atoms with Gasteiger partial charge in [0.2, 0.25) is 5.91 Å². The minimum absolute atomic E-state index is 0.00167. The Labute approximate surface area is 189 Å². The molecule has 1 aromatic heterocycles. The molecule has 1 aromatic carbocycles. The Hall–Kier alpha value is -3.09. The van der Waals surface area contributed by atoms with Gasteiger partial charge >= 0.3 is 0 Å². The zero-order valence-corrected chi connectivity index (χ0v) is 18.8. The number of carbonyl (C=O) groups is 2. The van der Waals surface area contributed by atoms with Crippen LogP contribution in [0.5, 0.6) is 11.5 Å². The zero-order valence-electron chi connectivity index (χ0n) is 18.8. The molecule has 32 heavy (non-hydrogen) atoms. The van der Waals surface area contributed by atoms with Crippen LogP contribution in [0.4, 0.5) is 0 Å². The summed E-state index contributed by atoms with van der Waals surface area (Å²) in [5.41, 5.74) is 1.33. The Morgan fingerprint density at radius 3 is 2.53 bits per heavy atom. The van der Waals surface area contributed by atoms with Crippen molar-refractivity contribution in [3.63, 3.8) is 0 Å². The van der Waals surface area contributed by atoms with Crippen molar-refractivity contribution in [3.05, 3.63) is 53.9 Å². The van der Waals surface area contributed by atoms with E-state index in [-0.39, 0.29) is 23.1 Å². The maximum Gasteiger partial charge on any atom is 0.254 e. The number of aromatic nitrogens is 1. The van der Waals surface area contributed by atoms with Crippen LogP contribution in [0.3, 0.4) is 0 Å². The van der Waals surface area contributed by atoms with E-state index in [1.165, 1.54) is 6.42 Å². The second kappa shape index (κ2) is 9.59. The summed E-state index contributed by atoms with van der Waals surface area (Å²) >= 11 is 0. The van der Waals surface area contributed by atoms with Crippen LogP contribution in [-0.4, -0.2) is 49.0 Å². The molecule has 0 unspecified atom stereocenters. The molecule has 1 saturated carbocycles. The average Bonchev–Trinajstić information content (AvgIpc) is 3.21. The number of benzene rings is 1. The number of hydrogen-bond acceptors (Lipinski definition) is 5. The number of nitrogens with one attached hydrogen (secondary N) is 1. The van der Waals surface area contributed by atoms with E-state index in [0.717, 1.165) is 31.2 Å². The SMILES string of the molecule is COc1cccc(CNC(=O)[C@@H]2CN(C(=O)c3ccncc3)CC23CCCCC3)c1OC. The van der Waals surface area contributed by atoms with E-state index in [1.54, 1.807) is 38.7 Å². The molecule has 2 aromatic rings. The topological polar surface area (TPSA) is 80.8 Å². The van der Waals surface area contributed by atoms with Crippen LogP contribution in [0.2, 0.25) is 0 Å². The standard InChI is InChI=1S/C25H31N3O4/c1-31-21-8-6-7-19(22(21)32-2)15-27-23(29)20-16-28(17-25(20)11-4-3-5-12-25)24(30)18-9-13-26-14-10-18/h6-10,13-14,20H,3-5,11-12,15-17H2,1-2H3,(H,27,29)/t20-/m0/s1. The fourth-order valence-corrected chi connectivity index (χ4v) is 5.32. The fraction of sp³-hybridized carbons (Fsp3) is 0.480. The quantitative estimate of drug-likeness (QED) is 0.749. The molecular formula is C25H31N3O4. The van der Waals surface area contributed by atoms with Gasteiger partial charge in [0.25, 0.3) is 5.91 Å². The number of ether oxygens (including phenoxy) is 2. The van der Waals surface area contributed by atoms with Crippen molar-refractivity contribution < 1.29 is 19.1 Å². The van der Waals surface area contributed by atoms with E-state index in [0.29, 0.717) is 36.7 Å². The number of methoxy groups -OCH3 is 2. The molecule has 4 rings (SSSR count). The first kappa shape index (κ1) is 22.1. The molecule has 7 heteroatoms. The van der Waals surface area contributed by atoms with Crippen molar-refractivity contribution in [3.8, 4) is 11.5 Å². The van der Waals surface area contributed by atoms with Crippen molar-refractivity contribution in [1.82, 2.24) is 15.2 Å². The molecule has 1 spiro atoms. The lowest BCUT2D eigenvalue weighted by atomic mass is 9.67. The number of nitrogens with zero attached hydrogens (tertiary/aromatic N) is 2. The van der Waals surface area contributed by atoms with E-state index in [2.05, 4.69) is 10.3 Å². The van der Waals surface area contributed by atoms with Gasteiger partial charge in [-0.15, -0.1) is 0 Å². The van der Waals surface area contributed by atoms with Crippen LogP contribution in [0.1, 0.15) is 48.0 Å². The minimum atomic E-state index is -0.217. The molecule has 1 aliphatic heterocycles. The van der Waals surface area contributed by atoms with Gasteiger partial charge in [-0.25, -0.2) is 0 Å². The molecule has 2 aliphatic rings. The molecular weight excluding hydrogens is 406 g/mol. The summed E-state index contributed by atoms with van der Waals surface area (Å²) in [5.74, 6) is 1.02. The molecule has 1 N–H and O–H groups in total. The first-order valence-corrected chi connectivity index (χ1v) is 11.2. The van der Waals surface area contributed by atoms with Crippen LogP contribution >= 0.6 is 0 Å². The predicted molar refractivity (Wildman–Crippen MR) is 121 cm³/mol. The van der Waals surface area contributed by atoms with Gasteiger partial charge in [0.15, 0.2) is 11.5 Å². The van der Waals surface area contributed by atoms with Crippen molar-refractivity contribution in [2.45, 2.75) is 38.6 Å². The van der Waals surface area contributed by atoms with E-state index in [9.17, 15) is 9.59 Å². The average molecular weight is 438 g/mol. The van der Waals surface area contributed by atoms with Gasteiger partial charge in [-0.1, -0.05) is 31.4 Å². The first-order chi connectivity index (χ1) is 15.6. The summed E-state index contributed by atoms with van der Waals surface area (Å²) in [6.45, 7) is 1.43. The molecule has 7 nitrogen and oxygen atoms in total. The van der Waals surface area contributed by atoms with Gasteiger partial charge in [-0.05, 0) is 31.0 Å². The normalized spacial score (nSPS) is 19.6. The van der Waals surface area contributed by atoms with Crippen LogP contribution in [0.15, 0.2) is 42.7 Å². The molecule has 2 heterocycles. The smallest absolute Gasteiger partial charge is 0.254 e. The number of pyridine rings is 1. The summed E-state index contributed by atoms with van der Waals surface area (Å²) in [6.07, 6.45) is 8.61. The largest absolute Gasteiger partial charge is 0.493 e. The van der Waals surface area contributed by atoms with Crippen LogP contribution in [0.25, 0.3) is 0 Å². The highest BCUT2D eigenvalue weighted by Gasteiger charge is 2.51. The van der Waals surface area contributed by atoms with Crippen molar-refractivity contribution >= 4 is 11.8 Å². The molecule has 170 valence electrons.